The number of benzene rings is 2. The molecule has 7 nitrogen and oxygen atoms in total. The minimum absolute atomic E-state index is 0.0776. The molecule has 1 heterocycles. The number of hydrogen-bond donors (Lipinski definition) is 0. The molecule has 1 aliphatic rings. The average Bonchev–Trinajstić information content (AvgIpc) is 2.66. The van der Waals surface area contributed by atoms with E-state index in [1.54, 1.807) is 30.3 Å². The molecule has 0 bridgehead atoms. The lowest BCUT2D eigenvalue weighted by atomic mass is 10.2. The van der Waals surface area contributed by atoms with E-state index in [0.717, 1.165) is 4.31 Å². The highest BCUT2D eigenvalue weighted by Crippen LogP contribution is 2.35. The van der Waals surface area contributed by atoms with Crippen LogP contribution in [0.15, 0.2) is 53.4 Å². The molecule has 0 N–H and O–H groups in total. The highest BCUT2D eigenvalue weighted by Gasteiger charge is 2.28. The zero-order valence-corrected chi connectivity index (χ0v) is 14.4. The van der Waals surface area contributed by atoms with Crippen molar-refractivity contribution in [1.82, 2.24) is 0 Å². The summed E-state index contributed by atoms with van der Waals surface area (Å²) in [5, 5.41) is 0. The van der Waals surface area contributed by atoms with E-state index in [4.69, 9.17) is 9.47 Å². The van der Waals surface area contributed by atoms with Gasteiger partial charge in [0.1, 0.15) is 19.8 Å². The molecule has 1 aliphatic heterocycles. The predicted octanol–water partition coefficient (Wildman–Crippen LogP) is 1.83. The third kappa shape index (κ3) is 3.53. The molecular formula is C17H17NO6S. The number of rotatable bonds is 5. The molecule has 3 rings (SSSR count). The normalized spacial score (nSPS) is 13.2. The van der Waals surface area contributed by atoms with Crippen molar-refractivity contribution in [3.8, 4) is 11.5 Å². The third-order valence-electron chi connectivity index (χ3n) is 3.65. The number of hydrogen-bond acceptors (Lipinski definition) is 6. The first-order valence-corrected chi connectivity index (χ1v) is 9.00. The maximum atomic E-state index is 13.0. The van der Waals surface area contributed by atoms with Crippen LogP contribution in [0.1, 0.15) is 0 Å². The smallest absolute Gasteiger partial charge is 0.326 e. The van der Waals surface area contributed by atoms with E-state index in [1.165, 1.54) is 25.3 Å². The Morgan fingerprint density at radius 2 is 1.76 bits per heavy atom. The number of carbonyl (C=O) groups excluding carboxylic acids is 1. The van der Waals surface area contributed by atoms with Crippen LogP contribution >= 0.6 is 0 Å². The summed E-state index contributed by atoms with van der Waals surface area (Å²) in [5.41, 5.74) is 0.290. The molecule has 0 fully saturated rings. The highest BCUT2D eigenvalue weighted by molar-refractivity contribution is 7.92. The molecule has 0 amide bonds. The van der Waals surface area contributed by atoms with E-state index in [9.17, 15) is 13.2 Å². The van der Waals surface area contributed by atoms with Crippen molar-refractivity contribution in [2.24, 2.45) is 0 Å². The van der Waals surface area contributed by atoms with Gasteiger partial charge in [-0.3, -0.25) is 9.10 Å². The lowest BCUT2D eigenvalue weighted by molar-refractivity contribution is -0.138. The number of esters is 1. The van der Waals surface area contributed by atoms with E-state index in [1.807, 2.05) is 0 Å². The second-order valence-electron chi connectivity index (χ2n) is 5.23. The second kappa shape index (κ2) is 7.02. The lowest BCUT2D eigenvalue weighted by Crippen LogP contribution is -2.36. The number of ether oxygens (including phenoxy) is 3. The Hall–Kier alpha value is -2.74. The molecule has 0 aromatic heterocycles. The predicted molar refractivity (Wildman–Crippen MR) is 90.4 cm³/mol. The summed E-state index contributed by atoms with van der Waals surface area (Å²) in [6.07, 6.45) is 0. The van der Waals surface area contributed by atoms with Gasteiger partial charge in [0.05, 0.1) is 17.7 Å². The number of nitrogens with zero attached hydrogens (tertiary/aromatic N) is 1. The fraction of sp³-hybridized carbons (Fsp3) is 0.235. The topological polar surface area (TPSA) is 82.1 Å². The molecule has 0 saturated heterocycles. The molecule has 25 heavy (non-hydrogen) atoms. The first kappa shape index (κ1) is 17.1. The van der Waals surface area contributed by atoms with Gasteiger partial charge in [-0.25, -0.2) is 8.42 Å². The largest absolute Gasteiger partial charge is 0.486 e. The molecule has 2 aromatic rings. The molecule has 0 radical (unpaired) electrons. The van der Waals surface area contributed by atoms with Crippen molar-refractivity contribution in [1.29, 1.82) is 0 Å². The fourth-order valence-electron chi connectivity index (χ4n) is 2.40. The molecule has 0 spiro atoms. The maximum Gasteiger partial charge on any atom is 0.326 e. The van der Waals surface area contributed by atoms with Gasteiger partial charge < -0.3 is 14.2 Å². The van der Waals surface area contributed by atoms with E-state index in [2.05, 4.69) is 4.74 Å². The summed E-state index contributed by atoms with van der Waals surface area (Å²) >= 11 is 0. The number of fused-ring (bicyclic) bond motifs is 1. The van der Waals surface area contributed by atoms with Gasteiger partial charge in [-0.15, -0.1) is 0 Å². The van der Waals surface area contributed by atoms with Crippen LogP contribution < -0.4 is 13.8 Å². The molecule has 8 heteroatoms. The zero-order valence-electron chi connectivity index (χ0n) is 13.5. The van der Waals surface area contributed by atoms with Gasteiger partial charge in [-0.1, -0.05) is 18.2 Å². The lowest BCUT2D eigenvalue weighted by Gasteiger charge is -2.25. The van der Waals surface area contributed by atoms with Crippen molar-refractivity contribution in [3.63, 3.8) is 0 Å². The molecule has 0 unspecified atom stereocenters. The van der Waals surface area contributed by atoms with Crippen LogP contribution in [0.5, 0.6) is 11.5 Å². The first-order valence-electron chi connectivity index (χ1n) is 7.56. The van der Waals surface area contributed by atoms with Gasteiger partial charge in [0, 0.05) is 6.07 Å². The van der Waals surface area contributed by atoms with Crippen molar-refractivity contribution in [2.45, 2.75) is 4.90 Å². The quantitative estimate of drug-likeness (QED) is 0.754. The van der Waals surface area contributed by atoms with Gasteiger partial charge in [-0.2, -0.15) is 0 Å². The van der Waals surface area contributed by atoms with Gasteiger partial charge in [0.2, 0.25) is 0 Å². The Bertz CT molecular complexity index is 866. The van der Waals surface area contributed by atoms with E-state index < -0.39 is 22.5 Å². The zero-order chi connectivity index (χ0) is 17.9. The summed E-state index contributed by atoms with van der Waals surface area (Å²) in [5.74, 6) is 0.293. The highest BCUT2D eigenvalue weighted by atomic mass is 32.2. The molecule has 132 valence electrons. The number of methoxy groups -OCH3 is 1. The molecule has 0 saturated carbocycles. The molecule has 0 aliphatic carbocycles. The standard InChI is InChI=1S/C17H17NO6S/c1-22-17(19)12-18(25(20,21)14-5-3-2-4-6-14)13-7-8-15-16(11-13)24-10-9-23-15/h2-8,11H,9-10,12H2,1H3. The summed E-state index contributed by atoms with van der Waals surface area (Å²) < 4.78 is 42.6. The molecule has 0 atom stereocenters. The first-order chi connectivity index (χ1) is 12.0. The Balaban J connectivity index is 2.05. The molecule has 2 aromatic carbocycles. The number of sulfonamides is 1. The fourth-order valence-corrected chi connectivity index (χ4v) is 3.83. The minimum atomic E-state index is -3.95. The van der Waals surface area contributed by atoms with Crippen LogP contribution in [0.25, 0.3) is 0 Å². The Morgan fingerprint density at radius 3 is 2.44 bits per heavy atom. The SMILES string of the molecule is COC(=O)CN(c1ccc2c(c1)OCCO2)S(=O)(=O)c1ccccc1. The monoisotopic (exact) mass is 363 g/mol. The van der Waals surface area contributed by atoms with Gasteiger partial charge >= 0.3 is 5.97 Å². The number of anilines is 1. The number of carbonyl (C=O) groups is 1. The Labute approximate surface area is 145 Å². The Kier molecular flexibility index (Phi) is 4.80. The second-order valence-corrected chi connectivity index (χ2v) is 7.09. The van der Waals surface area contributed by atoms with Gasteiger partial charge in [-0.05, 0) is 24.3 Å². The van der Waals surface area contributed by atoms with Crippen molar-refractivity contribution < 1.29 is 27.4 Å². The van der Waals surface area contributed by atoms with Crippen LogP contribution in [0.4, 0.5) is 5.69 Å². The van der Waals surface area contributed by atoms with Gasteiger partial charge in [0.25, 0.3) is 10.0 Å². The van der Waals surface area contributed by atoms with Crippen LogP contribution in [-0.4, -0.2) is 41.3 Å². The summed E-state index contributed by atoms with van der Waals surface area (Å²) in [6, 6.07) is 12.6. The van der Waals surface area contributed by atoms with Crippen LogP contribution in [0.3, 0.4) is 0 Å². The summed E-state index contributed by atoms with van der Waals surface area (Å²) in [4.78, 5) is 11.9. The average molecular weight is 363 g/mol. The van der Waals surface area contributed by atoms with Crippen molar-refractivity contribution in [3.05, 3.63) is 48.5 Å². The van der Waals surface area contributed by atoms with Crippen LogP contribution in [0, 0.1) is 0 Å². The Morgan fingerprint density at radius 1 is 1.08 bits per heavy atom. The molecular weight excluding hydrogens is 346 g/mol. The van der Waals surface area contributed by atoms with Gasteiger partial charge in [0.15, 0.2) is 11.5 Å². The van der Waals surface area contributed by atoms with Crippen molar-refractivity contribution in [2.75, 3.05) is 31.2 Å². The van der Waals surface area contributed by atoms with Crippen LogP contribution in [0.2, 0.25) is 0 Å². The minimum Gasteiger partial charge on any atom is -0.486 e. The maximum absolute atomic E-state index is 13.0. The van der Waals surface area contributed by atoms with E-state index >= 15 is 0 Å². The summed E-state index contributed by atoms with van der Waals surface area (Å²) in [6.45, 7) is 0.354. The van der Waals surface area contributed by atoms with Crippen LogP contribution in [-0.2, 0) is 19.6 Å². The van der Waals surface area contributed by atoms with E-state index in [-0.39, 0.29) is 4.90 Å². The summed E-state index contributed by atoms with van der Waals surface area (Å²) in [7, 11) is -2.74. The van der Waals surface area contributed by atoms with E-state index in [0.29, 0.717) is 30.4 Å². The third-order valence-corrected chi connectivity index (χ3v) is 5.43. The van der Waals surface area contributed by atoms with Crippen molar-refractivity contribution >= 4 is 21.7 Å².